The molecule has 0 spiro atoms. The van der Waals surface area contributed by atoms with Crippen molar-refractivity contribution < 1.29 is 0 Å². The lowest BCUT2D eigenvalue weighted by atomic mass is 10.2. The predicted molar refractivity (Wildman–Crippen MR) is 74.0 cm³/mol. The number of aromatic nitrogens is 2. The summed E-state index contributed by atoms with van der Waals surface area (Å²) in [5.41, 5.74) is 5.51. The molecule has 1 heterocycles. The van der Waals surface area contributed by atoms with Gasteiger partial charge in [0, 0.05) is 20.1 Å². The van der Waals surface area contributed by atoms with E-state index in [0.717, 1.165) is 11.0 Å². The average Bonchev–Trinajstić information content (AvgIpc) is 2.32. The molecule has 0 unspecified atom stereocenters. The molecule has 0 aliphatic rings. The monoisotopic (exact) mass is 254 g/mol. The minimum atomic E-state index is -0.369. The molecule has 0 amide bonds. The van der Waals surface area contributed by atoms with Crippen LogP contribution in [0.5, 0.6) is 0 Å². The Morgan fingerprint density at radius 3 is 2.44 bits per heavy atom. The second kappa shape index (κ2) is 5.75. The Bertz CT molecular complexity index is 528. The van der Waals surface area contributed by atoms with Crippen LogP contribution < -0.4 is 22.3 Å². The topological polar surface area (TPSA) is 82.0 Å². The SMILES string of the molecule is CCCNc1c(N)n(CC(C)C)c(=O)n(C)c1=O. The Kier molecular flexibility index (Phi) is 4.58. The molecule has 6 nitrogen and oxygen atoms in total. The molecule has 3 N–H and O–H groups in total. The van der Waals surface area contributed by atoms with Gasteiger partial charge in [-0.3, -0.25) is 13.9 Å². The first kappa shape index (κ1) is 14.3. The van der Waals surface area contributed by atoms with Crippen molar-refractivity contribution in [3.63, 3.8) is 0 Å². The molecule has 0 aromatic carbocycles. The lowest BCUT2D eigenvalue weighted by Gasteiger charge is -2.17. The van der Waals surface area contributed by atoms with Crippen molar-refractivity contribution in [2.45, 2.75) is 33.7 Å². The minimum Gasteiger partial charge on any atom is -0.383 e. The van der Waals surface area contributed by atoms with E-state index < -0.39 is 0 Å². The van der Waals surface area contributed by atoms with Crippen LogP contribution in [-0.2, 0) is 13.6 Å². The van der Waals surface area contributed by atoms with Crippen molar-refractivity contribution >= 4 is 11.5 Å². The number of hydrogen-bond donors (Lipinski definition) is 2. The molecule has 1 rings (SSSR count). The Morgan fingerprint density at radius 2 is 1.94 bits per heavy atom. The van der Waals surface area contributed by atoms with Gasteiger partial charge < -0.3 is 11.1 Å². The zero-order valence-corrected chi connectivity index (χ0v) is 11.5. The molecule has 0 saturated carbocycles. The Labute approximate surface area is 106 Å². The second-order valence-corrected chi connectivity index (χ2v) is 4.84. The van der Waals surface area contributed by atoms with E-state index in [0.29, 0.717) is 18.8 Å². The van der Waals surface area contributed by atoms with Crippen molar-refractivity contribution in [3.8, 4) is 0 Å². The zero-order chi connectivity index (χ0) is 13.9. The van der Waals surface area contributed by atoms with E-state index >= 15 is 0 Å². The molecule has 0 fully saturated rings. The maximum atomic E-state index is 12.0. The van der Waals surface area contributed by atoms with Crippen molar-refractivity contribution in [1.82, 2.24) is 9.13 Å². The Balaban J connectivity index is 3.40. The van der Waals surface area contributed by atoms with Gasteiger partial charge in [0.1, 0.15) is 11.5 Å². The summed E-state index contributed by atoms with van der Waals surface area (Å²) < 4.78 is 2.54. The minimum absolute atomic E-state index is 0.227. The third-order valence-electron chi connectivity index (χ3n) is 2.68. The van der Waals surface area contributed by atoms with E-state index in [1.165, 1.54) is 11.6 Å². The van der Waals surface area contributed by atoms with E-state index in [2.05, 4.69) is 5.32 Å². The molecular weight excluding hydrogens is 232 g/mol. The first-order valence-corrected chi connectivity index (χ1v) is 6.23. The highest BCUT2D eigenvalue weighted by Gasteiger charge is 2.15. The molecule has 18 heavy (non-hydrogen) atoms. The van der Waals surface area contributed by atoms with Crippen LogP contribution in [0.4, 0.5) is 11.5 Å². The number of hydrogen-bond acceptors (Lipinski definition) is 4. The van der Waals surface area contributed by atoms with E-state index in [4.69, 9.17) is 5.73 Å². The summed E-state index contributed by atoms with van der Waals surface area (Å²) in [6, 6.07) is 0. The highest BCUT2D eigenvalue weighted by molar-refractivity contribution is 5.60. The molecule has 0 atom stereocenters. The molecule has 0 radical (unpaired) electrons. The quantitative estimate of drug-likeness (QED) is 0.806. The third-order valence-corrected chi connectivity index (χ3v) is 2.68. The standard InChI is InChI=1S/C12H22N4O2/c1-5-6-14-9-10(13)16(7-8(2)3)12(18)15(4)11(9)17/h8,14H,5-7,13H2,1-4H3. The number of nitrogen functional groups attached to an aromatic ring is 1. The predicted octanol–water partition coefficient (Wildman–Crippen LogP) is 0.607. The van der Waals surface area contributed by atoms with Crippen molar-refractivity contribution in [1.29, 1.82) is 0 Å². The zero-order valence-electron chi connectivity index (χ0n) is 11.5. The van der Waals surface area contributed by atoms with Crippen LogP contribution in [0.1, 0.15) is 27.2 Å². The molecule has 0 aliphatic heterocycles. The van der Waals surface area contributed by atoms with Gasteiger partial charge in [-0.25, -0.2) is 4.79 Å². The first-order chi connectivity index (χ1) is 8.40. The highest BCUT2D eigenvalue weighted by Crippen LogP contribution is 2.12. The molecule has 1 aromatic rings. The lowest BCUT2D eigenvalue weighted by molar-refractivity contribution is 0.494. The summed E-state index contributed by atoms with van der Waals surface area (Å²) in [5, 5.41) is 2.99. The number of nitrogens with one attached hydrogen (secondary N) is 1. The number of nitrogens with zero attached hydrogens (tertiary/aromatic N) is 2. The van der Waals surface area contributed by atoms with E-state index in [1.807, 2.05) is 20.8 Å². The van der Waals surface area contributed by atoms with E-state index in [9.17, 15) is 9.59 Å². The number of nitrogens with two attached hydrogens (primary N) is 1. The Morgan fingerprint density at radius 1 is 1.33 bits per heavy atom. The van der Waals surface area contributed by atoms with Gasteiger partial charge >= 0.3 is 5.69 Å². The Hall–Kier alpha value is -1.72. The first-order valence-electron chi connectivity index (χ1n) is 6.23. The van der Waals surface area contributed by atoms with Crippen LogP contribution in [0.15, 0.2) is 9.59 Å². The molecule has 0 aliphatic carbocycles. The van der Waals surface area contributed by atoms with Crippen LogP contribution >= 0.6 is 0 Å². The van der Waals surface area contributed by atoms with Crippen LogP contribution in [0.3, 0.4) is 0 Å². The summed E-state index contributed by atoms with van der Waals surface area (Å²) in [5.74, 6) is 0.506. The molecule has 1 aromatic heterocycles. The molecule has 0 saturated heterocycles. The van der Waals surface area contributed by atoms with Crippen molar-refractivity contribution in [3.05, 3.63) is 20.8 Å². The fourth-order valence-electron chi connectivity index (χ4n) is 1.74. The molecule has 6 heteroatoms. The van der Waals surface area contributed by atoms with Gasteiger partial charge in [-0.2, -0.15) is 0 Å². The third kappa shape index (κ3) is 2.75. The van der Waals surface area contributed by atoms with E-state index in [1.54, 1.807) is 0 Å². The van der Waals surface area contributed by atoms with Gasteiger partial charge in [0.05, 0.1) is 0 Å². The van der Waals surface area contributed by atoms with Gasteiger partial charge in [-0.15, -0.1) is 0 Å². The molecule has 0 bridgehead atoms. The average molecular weight is 254 g/mol. The van der Waals surface area contributed by atoms with E-state index in [-0.39, 0.29) is 23.0 Å². The normalized spacial score (nSPS) is 10.9. The highest BCUT2D eigenvalue weighted by atomic mass is 16.2. The van der Waals surface area contributed by atoms with Crippen molar-refractivity contribution in [2.24, 2.45) is 13.0 Å². The van der Waals surface area contributed by atoms with Gasteiger partial charge in [-0.05, 0) is 12.3 Å². The van der Waals surface area contributed by atoms with Crippen LogP contribution in [-0.4, -0.2) is 15.7 Å². The van der Waals surface area contributed by atoms with Gasteiger partial charge in [-0.1, -0.05) is 20.8 Å². The number of rotatable bonds is 5. The smallest absolute Gasteiger partial charge is 0.332 e. The van der Waals surface area contributed by atoms with Crippen LogP contribution in [0, 0.1) is 5.92 Å². The molecular formula is C12H22N4O2. The van der Waals surface area contributed by atoms with Crippen LogP contribution in [0.2, 0.25) is 0 Å². The maximum Gasteiger partial charge on any atom is 0.332 e. The largest absolute Gasteiger partial charge is 0.383 e. The van der Waals surface area contributed by atoms with Gasteiger partial charge in [0.2, 0.25) is 0 Å². The lowest BCUT2D eigenvalue weighted by Crippen LogP contribution is -2.41. The summed E-state index contributed by atoms with van der Waals surface area (Å²) in [7, 11) is 1.47. The maximum absolute atomic E-state index is 12.0. The van der Waals surface area contributed by atoms with Gasteiger partial charge in [0.25, 0.3) is 5.56 Å². The summed E-state index contributed by atoms with van der Waals surface area (Å²) in [6.07, 6.45) is 0.881. The van der Waals surface area contributed by atoms with Gasteiger partial charge in [0.15, 0.2) is 0 Å². The van der Waals surface area contributed by atoms with Crippen LogP contribution in [0.25, 0.3) is 0 Å². The van der Waals surface area contributed by atoms with Crippen molar-refractivity contribution in [2.75, 3.05) is 17.6 Å². The summed E-state index contributed by atoms with van der Waals surface area (Å²) >= 11 is 0. The summed E-state index contributed by atoms with van der Waals surface area (Å²) in [6.45, 7) is 7.14. The number of anilines is 2. The second-order valence-electron chi connectivity index (χ2n) is 4.84. The fourth-order valence-corrected chi connectivity index (χ4v) is 1.74. The fraction of sp³-hybridized carbons (Fsp3) is 0.667. The summed E-state index contributed by atoms with van der Waals surface area (Å²) in [4.78, 5) is 24.0. The molecule has 102 valence electrons.